The Morgan fingerprint density at radius 2 is 1.89 bits per heavy atom. The van der Waals surface area contributed by atoms with Gasteiger partial charge < -0.3 is 14.6 Å². The lowest BCUT2D eigenvalue weighted by Crippen LogP contribution is -2.04. The molecule has 0 aliphatic rings. The highest BCUT2D eigenvalue weighted by atomic mass is 16.5. The SMILES string of the molecule is COc1ccc(C(O)Cc2ccccn2)cc1OC. The van der Waals surface area contributed by atoms with Crippen molar-refractivity contribution in [2.45, 2.75) is 12.5 Å². The van der Waals surface area contributed by atoms with E-state index in [2.05, 4.69) is 4.98 Å². The lowest BCUT2D eigenvalue weighted by Gasteiger charge is -2.13. The van der Waals surface area contributed by atoms with Crippen LogP contribution in [0, 0.1) is 0 Å². The zero-order valence-corrected chi connectivity index (χ0v) is 11.0. The number of aromatic nitrogens is 1. The summed E-state index contributed by atoms with van der Waals surface area (Å²) in [7, 11) is 3.16. The zero-order valence-electron chi connectivity index (χ0n) is 11.0. The van der Waals surface area contributed by atoms with Gasteiger partial charge in [0.2, 0.25) is 0 Å². The Morgan fingerprint density at radius 3 is 2.53 bits per heavy atom. The van der Waals surface area contributed by atoms with Gasteiger partial charge in [-0.2, -0.15) is 0 Å². The zero-order chi connectivity index (χ0) is 13.7. The summed E-state index contributed by atoms with van der Waals surface area (Å²) in [6.45, 7) is 0. The van der Waals surface area contributed by atoms with Gasteiger partial charge in [0.15, 0.2) is 11.5 Å². The molecular weight excluding hydrogens is 242 g/mol. The monoisotopic (exact) mass is 259 g/mol. The minimum Gasteiger partial charge on any atom is -0.493 e. The van der Waals surface area contributed by atoms with Crippen LogP contribution in [0.25, 0.3) is 0 Å². The van der Waals surface area contributed by atoms with Crippen LogP contribution in [0.1, 0.15) is 17.4 Å². The van der Waals surface area contributed by atoms with E-state index in [1.54, 1.807) is 32.5 Å². The normalized spacial score (nSPS) is 11.9. The molecule has 0 saturated heterocycles. The van der Waals surface area contributed by atoms with Crippen LogP contribution in [0.2, 0.25) is 0 Å². The highest BCUT2D eigenvalue weighted by molar-refractivity contribution is 5.43. The molecule has 0 radical (unpaired) electrons. The maximum absolute atomic E-state index is 10.2. The van der Waals surface area contributed by atoms with Gasteiger partial charge >= 0.3 is 0 Å². The predicted molar refractivity (Wildman–Crippen MR) is 72.4 cm³/mol. The van der Waals surface area contributed by atoms with E-state index >= 15 is 0 Å². The highest BCUT2D eigenvalue weighted by Gasteiger charge is 2.12. The van der Waals surface area contributed by atoms with Crippen LogP contribution in [0.15, 0.2) is 42.6 Å². The van der Waals surface area contributed by atoms with E-state index in [4.69, 9.17) is 9.47 Å². The third-order valence-electron chi connectivity index (χ3n) is 2.92. The maximum atomic E-state index is 10.2. The molecule has 2 rings (SSSR count). The number of aliphatic hydroxyl groups is 1. The average molecular weight is 259 g/mol. The second-order valence-electron chi connectivity index (χ2n) is 4.16. The largest absolute Gasteiger partial charge is 0.493 e. The van der Waals surface area contributed by atoms with Gasteiger partial charge in [0.25, 0.3) is 0 Å². The number of nitrogens with zero attached hydrogens (tertiary/aromatic N) is 1. The molecular formula is C15H17NO3. The number of ether oxygens (including phenoxy) is 2. The number of pyridine rings is 1. The quantitative estimate of drug-likeness (QED) is 0.895. The molecule has 1 N–H and O–H groups in total. The minimum atomic E-state index is -0.616. The number of methoxy groups -OCH3 is 2. The van der Waals surface area contributed by atoms with E-state index in [0.717, 1.165) is 11.3 Å². The molecule has 1 unspecified atom stereocenters. The van der Waals surface area contributed by atoms with Crippen molar-refractivity contribution in [1.29, 1.82) is 0 Å². The molecule has 1 aromatic heterocycles. The van der Waals surface area contributed by atoms with E-state index < -0.39 is 6.10 Å². The first-order valence-electron chi connectivity index (χ1n) is 6.04. The van der Waals surface area contributed by atoms with Gasteiger partial charge in [0, 0.05) is 18.3 Å². The average Bonchev–Trinajstić information content (AvgIpc) is 2.47. The van der Waals surface area contributed by atoms with Gasteiger partial charge in [-0.05, 0) is 29.8 Å². The Hall–Kier alpha value is -2.07. The third-order valence-corrected chi connectivity index (χ3v) is 2.92. The molecule has 0 fully saturated rings. The van der Waals surface area contributed by atoms with E-state index in [0.29, 0.717) is 17.9 Å². The molecule has 0 aliphatic carbocycles. The topological polar surface area (TPSA) is 51.6 Å². The van der Waals surface area contributed by atoms with Gasteiger partial charge in [-0.15, -0.1) is 0 Å². The summed E-state index contributed by atoms with van der Waals surface area (Å²) in [5.41, 5.74) is 1.63. The highest BCUT2D eigenvalue weighted by Crippen LogP contribution is 2.30. The Bertz CT molecular complexity index is 528. The van der Waals surface area contributed by atoms with Crippen LogP contribution in [-0.2, 0) is 6.42 Å². The maximum Gasteiger partial charge on any atom is 0.161 e. The molecule has 0 aliphatic heterocycles. The Kier molecular flexibility index (Phi) is 4.36. The number of aliphatic hydroxyl groups excluding tert-OH is 1. The smallest absolute Gasteiger partial charge is 0.161 e. The van der Waals surface area contributed by atoms with E-state index in [1.165, 1.54) is 0 Å². The van der Waals surface area contributed by atoms with Crippen molar-refractivity contribution in [2.24, 2.45) is 0 Å². The van der Waals surface area contributed by atoms with Gasteiger partial charge in [0.1, 0.15) is 0 Å². The first kappa shape index (κ1) is 13.4. The van der Waals surface area contributed by atoms with Crippen molar-refractivity contribution in [3.8, 4) is 11.5 Å². The fraction of sp³-hybridized carbons (Fsp3) is 0.267. The molecule has 4 nitrogen and oxygen atoms in total. The summed E-state index contributed by atoms with van der Waals surface area (Å²) in [6.07, 6.45) is 1.57. The second-order valence-corrected chi connectivity index (χ2v) is 4.16. The van der Waals surface area contributed by atoms with E-state index in [9.17, 15) is 5.11 Å². The van der Waals surface area contributed by atoms with Crippen LogP contribution in [0.3, 0.4) is 0 Å². The second kappa shape index (κ2) is 6.20. The fourth-order valence-electron chi connectivity index (χ4n) is 1.89. The molecule has 0 saturated carbocycles. The predicted octanol–water partition coefficient (Wildman–Crippen LogP) is 2.37. The summed E-state index contributed by atoms with van der Waals surface area (Å²) < 4.78 is 10.4. The molecule has 0 amide bonds. The summed E-state index contributed by atoms with van der Waals surface area (Å²) in [6, 6.07) is 11.1. The molecule has 4 heteroatoms. The van der Waals surface area contributed by atoms with E-state index in [1.807, 2.05) is 24.3 Å². The molecule has 1 aromatic carbocycles. The molecule has 0 bridgehead atoms. The molecule has 1 heterocycles. The molecule has 0 spiro atoms. The van der Waals surface area contributed by atoms with Crippen LogP contribution in [0.5, 0.6) is 11.5 Å². The van der Waals surface area contributed by atoms with Crippen LogP contribution in [-0.4, -0.2) is 24.3 Å². The van der Waals surface area contributed by atoms with Crippen LogP contribution < -0.4 is 9.47 Å². The Labute approximate surface area is 112 Å². The fourth-order valence-corrected chi connectivity index (χ4v) is 1.89. The Balaban J connectivity index is 2.17. The molecule has 19 heavy (non-hydrogen) atoms. The first-order valence-corrected chi connectivity index (χ1v) is 6.04. The third kappa shape index (κ3) is 3.23. The van der Waals surface area contributed by atoms with Crippen molar-refractivity contribution in [3.05, 3.63) is 53.9 Å². The summed E-state index contributed by atoms with van der Waals surface area (Å²) in [5.74, 6) is 1.26. The van der Waals surface area contributed by atoms with Crippen LogP contribution >= 0.6 is 0 Å². The minimum absolute atomic E-state index is 0.469. The van der Waals surface area contributed by atoms with Gasteiger partial charge in [0.05, 0.1) is 20.3 Å². The van der Waals surface area contributed by atoms with Gasteiger partial charge in [-0.25, -0.2) is 0 Å². The van der Waals surface area contributed by atoms with Crippen molar-refractivity contribution < 1.29 is 14.6 Å². The summed E-state index contributed by atoms with van der Waals surface area (Å²) >= 11 is 0. The number of rotatable bonds is 5. The lowest BCUT2D eigenvalue weighted by molar-refractivity contribution is 0.176. The van der Waals surface area contributed by atoms with Crippen LogP contribution in [0.4, 0.5) is 0 Å². The number of hydrogen-bond donors (Lipinski definition) is 1. The molecule has 100 valence electrons. The summed E-state index contributed by atoms with van der Waals surface area (Å²) in [4.78, 5) is 4.20. The Morgan fingerprint density at radius 1 is 1.11 bits per heavy atom. The van der Waals surface area contributed by atoms with Crippen molar-refractivity contribution >= 4 is 0 Å². The van der Waals surface area contributed by atoms with E-state index in [-0.39, 0.29) is 0 Å². The standard InChI is InChI=1S/C15H17NO3/c1-18-14-7-6-11(9-15(14)19-2)13(17)10-12-5-3-4-8-16-12/h3-9,13,17H,10H2,1-2H3. The van der Waals surface area contributed by atoms with Crippen molar-refractivity contribution in [1.82, 2.24) is 4.98 Å². The van der Waals surface area contributed by atoms with Gasteiger partial charge in [-0.1, -0.05) is 12.1 Å². The first-order chi connectivity index (χ1) is 9.24. The number of hydrogen-bond acceptors (Lipinski definition) is 4. The van der Waals surface area contributed by atoms with Gasteiger partial charge in [-0.3, -0.25) is 4.98 Å². The van der Waals surface area contributed by atoms with Crippen molar-refractivity contribution in [3.63, 3.8) is 0 Å². The number of benzene rings is 1. The summed E-state index contributed by atoms with van der Waals surface area (Å²) in [5, 5.41) is 10.2. The lowest BCUT2D eigenvalue weighted by atomic mass is 10.0. The van der Waals surface area contributed by atoms with Crippen molar-refractivity contribution in [2.75, 3.05) is 14.2 Å². The molecule has 2 aromatic rings. The molecule has 1 atom stereocenters.